The van der Waals surface area contributed by atoms with Crippen LogP contribution in [0.5, 0.6) is 0 Å². The van der Waals surface area contributed by atoms with E-state index in [4.69, 9.17) is 0 Å². The third-order valence-electron chi connectivity index (χ3n) is 2.90. The predicted octanol–water partition coefficient (Wildman–Crippen LogP) is 2.38. The van der Waals surface area contributed by atoms with Crippen LogP contribution in [0.2, 0.25) is 0 Å². The van der Waals surface area contributed by atoms with Gasteiger partial charge in [-0.15, -0.1) is 0 Å². The number of nitrogens with one attached hydrogen (secondary N) is 1. The maximum Gasteiger partial charge on any atom is 0.416 e. The van der Waals surface area contributed by atoms with E-state index in [9.17, 15) is 23.1 Å². The molecule has 1 unspecified atom stereocenters. The Bertz CT molecular complexity index is 458. The number of hydrogen-bond donors (Lipinski definition) is 2. The highest BCUT2D eigenvalue weighted by atomic mass is 19.4. The molecule has 0 aliphatic heterocycles. The molecule has 0 fully saturated rings. The molecule has 2 N–H and O–H groups in total. The average molecular weight is 289 g/mol. The molecule has 1 aromatic rings. The molecule has 1 amide bonds. The van der Waals surface area contributed by atoms with Gasteiger partial charge in [0, 0.05) is 6.54 Å². The molecule has 0 aromatic heterocycles. The first-order valence-electron chi connectivity index (χ1n) is 6.31. The highest BCUT2D eigenvalue weighted by Gasteiger charge is 2.30. The van der Waals surface area contributed by atoms with Gasteiger partial charge in [0.05, 0.1) is 18.1 Å². The lowest BCUT2D eigenvalue weighted by molar-refractivity contribution is -0.137. The molecular weight excluding hydrogens is 271 g/mol. The van der Waals surface area contributed by atoms with Gasteiger partial charge in [-0.2, -0.15) is 13.2 Å². The molecular formula is C14H18F3NO2. The van der Waals surface area contributed by atoms with Gasteiger partial charge in [0.2, 0.25) is 5.91 Å². The maximum atomic E-state index is 12.5. The Morgan fingerprint density at radius 3 is 2.55 bits per heavy atom. The van der Waals surface area contributed by atoms with E-state index >= 15 is 0 Å². The Morgan fingerprint density at radius 1 is 1.35 bits per heavy atom. The lowest BCUT2D eigenvalue weighted by Gasteiger charge is -2.15. The van der Waals surface area contributed by atoms with E-state index < -0.39 is 23.8 Å². The van der Waals surface area contributed by atoms with Gasteiger partial charge in [0.25, 0.3) is 0 Å². The molecule has 0 aliphatic carbocycles. The van der Waals surface area contributed by atoms with Gasteiger partial charge in [-0.25, -0.2) is 0 Å². The molecule has 3 nitrogen and oxygen atoms in total. The summed E-state index contributed by atoms with van der Waals surface area (Å²) in [4.78, 5) is 11.6. The van der Waals surface area contributed by atoms with Crippen LogP contribution in [0.1, 0.15) is 25.0 Å². The van der Waals surface area contributed by atoms with Crippen molar-refractivity contribution in [1.29, 1.82) is 0 Å². The average Bonchev–Trinajstić information content (AvgIpc) is 2.35. The van der Waals surface area contributed by atoms with Crippen molar-refractivity contribution in [3.63, 3.8) is 0 Å². The number of rotatable bonds is 5. The van der Waals surface area contributed by atoms with Crippen LogP contribution in [0.15, 0.2) is 24.3 Å². The fourth-order valence-electron chi connectivity index (χ4n) is 1.56. The molecule has 0 heterocycles. The second-order valence-corrected chi connectivity index (χ2v) is 4.99. The molecule has 1 atom stereocenters. The van der Waals surface area contributed by atoms with Gasteiger partial charge in [-0.1, -0.05) is 32.0 Å². The quantitative estimate of drug-likeness (QED) is 0.874. The Labute approximate surface area is 115 Å². The zero-order valence-corrected chi connectivity index (χ0v) is 11.4. The van der Waals surface area contributed by atoms with Crippen molar-refractivity contribution >= 4 is 5.91 Å². The first-order chi connectivity index (χ1) is 9.20. The lowest BCUT2D eigenvalue weighted by Crippen LogP contribution is -2.35. The Hall–Kier alpha value is -1.56. The largest absolute Gasteiger partial charge is 0.416 e. The van der Waals surface area contributed by atoms with Crippen LogP contribution in [-0.2, 0) is 17.4 Å². The molecule has 1 rings (SSSR count). The second-order valence-electron chi connectivity index (χ2n) is 4.99. The summed E-state index contributed by atoms with van der Waals surface area (Å²) < 4.78 is 37.5. The minimum Gasteiger partial charge on any atom is -0.391 e. The summed E-state index contributed by atoms with van der Waals surface area (Å²) in [5, 5.41) is 12.0. The van der Waals surface area contributed by atoms with Crippen molar-refractivity contribution in [2.24, 2.45) is 5.92 Å². The van der Waals surface area contributed by atoms with Crippen LogP contribution in [0.25, 0.3) is 0 Å². The van der Waals surface area contributed by atoms with Gasteiger partial charge in [-0.3, -0.25) is 4.79 Å². The third kappa shape index (κ3) is 5.21. The topological polar surface area (TPSA) is 49.3 Å². The molecule has 0 spiro atoms. The van der Waals surface area contributed by atoms with Gasteiger partial charge >= 0.3 is 6.18 Å². The van der Waals surface area contributed by atoms with E-state index in [0.717, 1.165) is 12.1 Å². The summed E-state index contributed by atoms with van der Waals surface area (Å²) in [5.41, 5.74) is -0.485. The first kappa shape index (κ1) is 16.5. The standard InChI is InChI=1S/C14H18F3NO2/c1-9(2)12(19)8-18-13(20)7-10-4-3-5-11(6-10)14(15,16)17/h3-6,9,12,19H,7-8H2,1-2H3,(H,18,20). The Morgan fingerprint density at radius 2 is 2.00 bits per heavy atom. The van der Waals surface area contributed by atoms with Gasteiger partial charge in [0.1, 0.15) is 0 Å². The number of amides is 1. The molecule has 1 aromatic carbocycles. The van der Waals surface area contributed by atoms with Crippen molar-refractivity contribution in [3.8, 4) is 0 Å². The molecule has 0 saturated heterocycles. The summed E-state index contributed by atoms with van der Waals surface area (Å²) in [5.74, 6) is -0.409. The number of benzene rings is 1. The smallest absolute Gasteiger partial charge is 0.391 e. The summed E-state index contributed by atoms with van der Waals surface area (Å²) >= 11 is 0. The van der Waals surface area contributed by atoms with Crippen molar-refractivity contribution < 1.29 is 23.1 Å². The Balaban J connectivity index is 2.58. The number of aliphatic hydroxyl groups is 1. The Kier molecular flexibility index (Phi) is 5.56. The highest BCUT2D eigenvalue weighted by molar-refractivity contribution is 5.78. The van der Waals surface area contributed by atoms with Gasteiger partial charge < -0.3 is 10.4 Å². The summed E-state index contributed by atoms with van der Waals surface area (Å²) in [6.07, 6.45) is -5.23. The number of carbonyl (C=O) groups is 1. The van der Waals surface area contributed by atoms with Crippen LogP contribution in [0, 0.1) is 5.92 Å². The van der Waals surface area contributed by atoms with Crippen molar-refractivity contribution in [3.05, 3.63) is 35.4 Å². The fraction of sp³-hybridized carbons (Fsp3) is 0.500. The van der Waals surface area contributed by atoms with E-state index in [1.165, 1.54) is 12.1 Å². The monoisotopic (exact) mass is 289 g/mol. The van der Waals surface area contributed by atoms with E-state index in [1.54, 1.807) is 0 Å². The first-order valence-corrected chi connectivity index (χ1v) is 6.31. The summed E-state index contributed by atoms with van der Waals surface area (Å²) in [6, 6.07) is 4.66. The fourth-order valence-corrected chi connectivity index (χ4v) is 1.56. The summed E-state index contributed by atoms with van der Waals surface area (Å²) in [7, 11) is 0. The molecule has 0 bridgehead atoms. The lowest BCUT2D eigenvalue weighted by atomic mass is 10.1. The zero-order valence-electron chi connectivity index (χ0n) is 11.4. The number of carbonyl (C=O) groups excluding carboxylic acids is 1. The number of aliphatic hydroxyl groups excluding tert-OH is 1. The normalized spacial score (nSPS) is 13.3. The van der Waals surface area contributed by atoms with Crippen LogP contribution in [0.4, 0.5) is 13.2 Å². The van der Waals surface area contributed by atoms with Crippen LogP contribution in [0.3, 0.4) is 0 Å². The van der Waals surface area contributed by atoms with Gasteiger partial charge in [-0.05, 0) is 17.5 Å². The van der Waals surface area contributed by atoms with Gasteiger partial charge in [0.15, 0.2) is 0 Å². The highest BCUT2D eigenvalue weighted by Crippen LogP contribution is 2.29. The molecule has 0 saturated carbocycles. The van der Waals surface area contributed by atoms with Crippen LogP contribution in [-0.4, -0.2) is 23.7 Å². The van der Waals surface area contributed by atoms with E-state index in [-0.39, 0.29) is 24.4 Å². The maximum absolute atomic E-state index is 12.5. The van der Waals surface area contributed by atoms with Crippen LogP contribution < -0.4 is 5.32 Å². The molecule has 0 radical (unpaired) electrons. The minimum atomic E-state index is -4.42. The number of hydrogen-bond acceptors (Lipinski definition) is 2. The molecule has 20 heavy (non-hydrogen) atoms. The van der Waals surface area contributed by atoms with Crippen LogP contribution >= 0.6 is 0 Å². The van der Waals surface area contributed by atoms with E-state index in [2.05, 4.69) is 5.32 Å². The minimum absolute atomic E-state index is 0.00357. The van der Waals surface area contributed by atoms with Crippen molar-refractivity contribution in [1.82, 2.24) is 5.32 Å². The van der Waals surface area contributed by atoms with Crippen molar-refractivity contribution in [2.45, 2.75) is 32.5 Å². The number of alkyl halides is 3. The number of halogens is 3. The zero-order chi connectivity index (χ0) is 15.3. The van der Waals surface area contributed by atoms with Crippen molar-refractivity contribution in [2.75, 3.05) is 6.54 Å². The third-order valence-corrected chi connectivity index (χ3v) is 2.90. The molecule has 6 heteroatoms. The van der Waals surface area contributed by atoms with E-state index in [0.29, 0.717) is 0 Å². The summed E-state index contributed by atoms with van der Waals surface area (Å²) in [6.45, 7) is 3.71. The SMILES string of the molecule is CC(C)C(O)CNC(=O)Cc1cccc(C(F)(F)F)c1. The molecule has 112 valence electrons. The predicted molar refractivity (Wildman–Crippen MR) is 69.0 cm³/mol. The molecule has 0 aliphatic rings. The van der Waals surface area contributed by atoms with E-state index in [1.807, 2.05) is 13.8 Å². The second kappa shape index (κ2) is 6.74.